The Morgan fingerprint density at radius 3 is 2.28 bits per heavy atom. The molecule has 1 aliphatic rings. The van der Waals surface area contributed by atoms with Gasteiger partial charge in [0.15, 0.2) is 9.84 Å². The van der Waals surface area contributed by atoms with E-state index in [4.69, 9.17) is 5.73 Å². The van der Waals surface area contributed by atoms with E-state index in [0.29, 0.717) is 12.5 Å². The van der Waals surface area contributed by atoms with Crippen LogP contribution in [-0.2, 0) is 14.6 Å². The molecule has 0 heterocycles. The summed E-state index contributed by atoms with van der Waals surface area (Å²) < 4.78 is 23.2. The van der Waals surface area contributed by atoms with Gasteiger partial charge in [-0.05, 0) is 39.5 Å². The van der Waals surface area contributed by atoms with E-state index in [0.717, 1.165) is 12.8 Å². The number of amides is 1. The van der Waals surface area contributed by atoms with Gasteiger partial charge >= 0.3 is 0 Å². The molecule has 3 N–H and O–H groups in total. The second kappa shape index (κ2) is 6.21. The van der Waals surface area contributed by atoms with Crippen LogP contribution in [0.15, 0.2) is 0 Å². The number of carbonyl (C=O) groups excluding carboxylic acids is 1. The molecule has 0 spiro atoms. The molecule has 7 heteroatoms. The Kier molecular flexibility index (Phi) is 6.10. The number of sulfone groups is 1. The number of hydrogen-bond acceptors (Lipinski definition) is 4. The predicted molar refractivity (Wildman–Crippen MR) is 74.5 cm³/mol. The highest BCUT2D eigenvalue weighted by Gasteiger charge is 2.42. The van der Waals surface area contributed by atoms with Crippen molar-refractivity contribution < 1.29 is 13.2 Å². The van der Waals surface area contributed by atoms with Crippen molar-refractivity contribution in [2.24, 2.45) is 11.7 Å². The average Bonchev–Trinajstić information content (AvgIpc) is 2.99. The van der Waals surface area contributed by atoms with Crippen LogP contribution in [0.3, 0.4) is 0 Å². The molecule has 0 aliphatic heterocycles. The van der Waals surface area contributed by atoms with Crippen LogP contribution >= 0.6 is 12.4 Å². The molecule has 1 unspecified atom stereocenters. The molecule has 1 saturated carbocycles. The molecule has 1 amide bonds. The van der Waals surface area contributed by atoms with E-state index < -0.39 is 32.3 Å². The van der Waals surface area contributed by atoms with Crippen LogP contribution in [0.5, 0.6) is 0 Å². The SMILES string of the molecule is CC(C)S(=O)(=O)CC(=O)NC(C)(CN)C1CC1.Cl. The minimum Gasteiger partial charge on any atom is -0.349 e. The van der Waals surface area contributed by atoms with Crippen molar-refractivity contribution in [3.8, 4) is 0 Å². The van der Waals surface area contributed by atoms with Gasteiger partial charge in [-0.2, -0.15) is 0 Å². The maximum Gasteiger partial charge on any atom is 0.235 e. The van der Waals surface area contributed by atoms with E-state index in [-0.39, 0.29) is 12.4 Å². The lowest BCUT2D eigenvalue weighted by atomic mass is 9.96. The first kappa shape index (κ1) is 17.7. The first-order valence-corrected chi connectivity index (χ1v) is 7.65. The monoisotopic (exact) mass is 298 g/mol. The van der Waals surface area contributed by atoms with Gasteiger partial charge in [-0.3, -0.25) is 4.79 Å². The Hall–Kier alpha value is -0.330. The van der Waals surface area contributed by atoms with Crippen LogP contribution in [-0.4, -0.2) is 37.4 Å². The third kappa shape index (κ3) is 4.40. The summed E-state index contributed by atoms with van der Waals surface area (Å²) in [5.41, 5.74) is 5.20. The van der Waals surface area contributed by atoms with E-state index in [1.165, 1.54) is 0 Å². The summed E-state index contributed by atoms with van der Waals surface area (Å²) in [7, 11) is -3.34. The summed E-state index contributed by atoms with van der Waals surface area (Å²) in [6, 6.07) is 0. The zero-order chi connectivity index (χ0) is 13.3. The van der Waals surface area contributed by atoms with Crippen molar-refractivity contribution in [1.82, 2.24) is 5.32 Å². The van der Waals surface area contributed by atoms with Gasteiger partial charge in [-0.1, -0.05) is 0 Å². The highest BCUT2D eigenvalue weighted by atomic mass is 35.5. The molecule has 0 saturated heterocycles. The van der Waals surface area contributed by atoms with E-state index in [1.807, 2.05) is 6.92 Å². The number of rotatable bonds is 6. The zero-order valence-electron chi connectivity index (χ0n) is 11.1. The number of carbonyl (C=O) groups is 1. The quantitative estimate of drug-likeness (QED) is 0.746. The highest BCUT2D eigenvalue weighted by Crippen LogP contribution is 2.38. The minimum absolute atomic E-state index is 0. The largest absolute Gasteiger partial charge is 0.349 e. The Labute approximate surface area is 115 Å². The second-order valence-corrected chi connectivity index (χ2v) is 7.86. The standard InChI is InChI=1S/C11H22N2O3S.ClH/c1-8(2)17(15,16)6-10(14)13-11(3,7-12)9-4-5-9;/h8-9H,4-7,12H2,1-3H3,(H,13,14);1H. The smallest absolute Gasteiger partial charge is 0.235 e. The molecular formula is C11H23ClN2O3S. The highest BCUT2D eigenvalue weighted by molar-refractivity contribution is 7.92. The van der Waals surface area contributed by atoms with Crippen molar-refractivity contribution in [3.63, 3.8) is 0 Å². The van der Waals surface area contributed by atoms with Gasteiger partial charge in [0.05, 0.1) is 10.8 Å². The normalized spacial score (nSPS) is 18.9. The lowest BCUT2D eigenvalue weighted by molar-refractivity contribution is -0.120. The van der Waals surface area contributed by atoms with Crippen molar-refractivity contribution in [1.29, 1.82) is 0 Å². The van der Waals surface area contributed by atoms with Crippen molar-refractivity contribution in [2.75, 3.05) is 12.3 Å². The summed E-state index contributed by atoms with van der Waals surface area (Å²) >= 11 is 0. The molecule has 108 valence electrons. The molecule has 1 aliphatic carbocycles. The Bertz CT molecular complexity index is 393. The van der Waals surface area contributed by atoms with Crippen LogP contribution in [0.4, 0.5) is 0 Å². The van der Waals surface area contributed by atoms with Gasteiger partial charge in [0, 0.05) is 6.54 Å². The molecule has 1 fully saturated rings. The molecular weight excluding hydrogens is 276 g/mol. The van der Waals surface area contributed by atoms with Crippen molar-refractivity contribution >= 4 is 28.2 Å². The molecule has 0 bridgehead atoms. The predicted octanol–water partition coefficient (Wildman–Crippen LogP) is 0.475. The van der Waals surface area contributed by atoms with E-state index in [1.54, 1.807) is 13.8 Å². The molecule has 1 atom stereocenters. The Morgan fingerprint density at radius 1 is 1.44 bits per heavy atom. The minimum atomic E-state index is -3.34. The van der Waals surface area contributed by atoms with Gasteiger partial charge in [-0.15, -0.1) is 12.4 Å². The van der Waals surface area contributed by atoms with Crippen molar-refractivity contribution in [2.45, 2.75) is 44.4 Å². The summed E-state index contributed by atoms with van der Waals surface area (Å²) in [4.78, 5) is 11.7. The topological polar surface area (TPSA) is 89.3 Å². The molecule has 0 radical (unpaired) electrons. The summed E-state index contributed by atoms with van der Waals surface area (Å²) in [5.74, 6) is -0.510. The fourth-order valence-electron chi connectivity index (χ4n) is 1.74. The van der Waals surface area contributed by atoms with E-state index in [9.17, 15) is 13.2 Å². The maximum absolute atomic E-state index is 11.7. The van der Waals surface area contributed by atoms with Crippen molar-refractivity contribution in [3.05, 3.63) is 0 Å². The zero-order valence-corrected chi connectivity index (χ0v) is 12.7. The lowest BCUT2D eigenvalue weighted by Gasteiger charge is -2.29. The van der Waals surface area contributed by atoms with Crippen LogP contribution in [0.2, 0.25) is 0 Å². The number of halogens is 1. The van der Waals surface area contributed by atoms with Gasteiger partial charge in [-0.25, -0.2) is 8.42 Å². The lowest BCUT2D eigenvalue weighted by Crippen LogP contribution is -2.54. The summed E-state index contributed by atoms with van der Waals surface area (Å²) in [6.45, 7) is 5.37. The fraction of sp³-hybridized carbons (Fsp3) is 0.909. The fourth-order valence-corrected chi connectivity index (χ4v) is 2.52. The second-order valence-electron chi connectivity index (χ2n) is 5.30. The molecule has 0 aromatic rings. The number of nitrogens with one attached hydrogen (secondary N) is 1. The third-order valence-corrected chi connectivity index (χ3v) is 5.48. The number of nitrogens with two attached hydrogens (primary N) is 1. The van der Waals surface area contributed by atoms with E-state index >= 15 is 0 Å². The van der Waals surface area contributed by atoms with E-state index in [2.05, 4.69) is 5.32 Å². The first-order chi connectivity index (χ1) is 7.71. The van der Waals surface area contributed by atoms with Crippen LogP contribution in [0.1, 0.15) is 33.6 Å². The molecule has 0 aromatic heterocycles. The van der Waals surface area contributed by atoms with Gasteiger partial charge in [0.1, 0.15) is 5.75 Å². The molecule has 0 aromatic carbocycles. The number of hydrogen-bond donors (Lipinski definition) is 2. The van der Waals surface area contributed by atoms with Gasteiger partial charge in [0.2, 0.25) is 5.91 Å². The summed E-state index contributed by atoms with van der Waals surface area (Å²) in [6.07, 6.45) is 2.09. The third-order valence-electron chi connectivity index (χ3n) is 3.38. The van der Waals surface area contributed by atoms with Crippen LogP contribution in [0.25, 0.3) is 0 Å². The van der Waals surface area contributed by atoms with Crippen LogP contribution < -0.4 is 11.1 Å². The average molecular weight is 299 g/mol. The summed E-state index contributed by atoms with van der Waals surface area (Å²) in [5, 5.41) is 2.24. The Morgan fingerprint density at radius 2 is 1.94 bits per heavy atom. The first-order valence-electron chi connectivity index (χ1n) is 5.94. The molecule has 1 rings (SSSR count). The molecule has 18 heavy (non-hydrogen) atoms. The maximum atomic E-state index is 11.7. The van der Waals surface area contributed by atoms with Crippen LogP contribution in [0, 0.1) is 5.92 Å². The Balaban J connectivity index is 0.00000289. The molecule has 5 nitrogen and oxygen atoms in total. The van der Waals surface area contributed by atoms with Gasteiger partial charge < -0.3 is 11.1 Å². The van der Waals surface area contributed by atoms with Gasteiger partial charge in [0.25, 0.3) is 0 Å².